The quantitative estimate of drug-likeness (QED) is 0.462. The summed E-state index contributed by atoms with van der Waals surface area (Å²) in [5.41, 5.74) is 2.23. The molecule has 2 aromatic rings. The lowest BCUT2D eigenvalue weighted by Gasteiger charge is -2.09. The van der Waals surface area contributed by atoms with E-state index in [0.29, 0.717) is 0 Å². The van der Waals surface area contributed by atoms with Gasteiger partial charge in [-0.25, -0.2) is 19.6 Å². The van der Waals surface area contributed by atoms with Crippen LogP contribution in [-0.2, 0) is 0 Å². The molecule has 0 saturated carbocycles. The zero-order valence-corrected chi connectivity index (χ0v) is 11.6. The zero-order valence-electron chi connectivity index (χ0n) is 10.9. The highest BCUT2D eigenvalue weighted by Crippen LogP contribution is 2.21. The number of amides is 1. The number of nitrogens with two attached hydrogens (primary N) is 1. The predicted molar refractivity (Wildman–Crippen MR) is 76.1 cm³/mol. The first-order valence-corrected chi connectivity index (χ1v) is 6.19. The zero-order chi connectivity index (χ0) is 15.6. The average molecular weight is 313 g/mol. The van der Waals surface area contributed by atoms with Crippen LogP contribution in [-0.4, -0.2) is 10.9 Å². The number of hydrogen-bond donors (Lipinski definition) is 3. The number of carbonyl (C=O) groups is 1. The van der Waals surface area contributed by atoms with Gasteiger partial charge in [-0.1, -0.05) is 11.6 Å². The minimum Gasteiger partial charge on any atom is -0.319 e. The Labute approximate surface area is 124 Å². The summed E-state index contributed by atoms with van der Waals surface area (Å²) in [6.07, 6.45) is 0. The van der Waals surface area contributed by atoms with Crippen molar-refractivity contribution in [1.82, 2.24) is 4.98 Å². The maximum Gasteiger partial charge on any atom is 0.255 e. The molecule has 0 bridgehead atoms. The third-order valence-corrected chi connectivity index (χ3v) is 2.89. The van der Waals surface area contributed by atoms with E-state index in [0.717, 1.165) is 12.1 Å². The Morgan fingerprint density at radius 3 is 2.62 bits per heavy atom. The second kappa shape index (κ2) is 6.02. The van der Waals surface area contributed by atoms with Crippen LogP contribution in [0.2, 0.25) is 5.15 Å². The highest BCUT2D eigenvalue weighted by atomic mass is 35.5. The molecule has 0 spiro atoms. The number of aryl methyl sites for hydroxylation is 1. The Hall–Kier alpha value is -2.25. The van der Waals surface area contributed by atoms with Crippen molar-refractivity contribution >= 4 is 29.0 Å². The summed E-state index contributed by atoms with van der Waals surface area (Å²) in [5, 5.41) is 2.30. The van der Waals surface area contributed by atoms with Crippen molar-refractivity contribution in [3.63, 3.8) is 0 Å². The summed E-state index contributed by atoms with van der Waals surface area (Å²) in [7, 11) is 0. The topological polar surface area (TPSA) is 80.0 Å². The van der Waals surface area contributed by atoms with Crippen LogP contribution >= 0.6 is 11.6 Å². The van der Waals surface area contributed by atoms with Gasteiger partial charge in [-0.15, -0.1) is 0 Å². The molecule has 0 fully saturated rings. The summed E-state index contributed by atoms with van der Waals surface area (Å²) in [6.45, 7) is 1.42. The smallest absolute Gasteiger partial charge is 0.255 e. The van der Waals surface area contributed by atoms with Gasteiger partial charge < -0.3 is 10.7 Å². The summed E-state index contributed by atoms with van der Waals surface area (Å²) in [6, 6.07) is 4.51. The first-order valence-electron chi connectivity index (χ1n) is 5.82. The Morgan fingerprint density at radius 2 is 1.95 bits per heavy atom. The molecule has 2 rings (SSSR count). The van der Waals surface area contributed by atoms with E-state index in [9.17, 15) is 13.6 Å². The second-order valence-corrected chi connectivity index (χ2v) is 4.63. The second-order valence-electron chi connectivity index (χ2n) is 4.24. The maximum atomic E-state index is 13.7. The maximum absolute atomic E-state index is 13.7. The van der Waals surface area contributed by atoms with Crippen LogP contribution in [0.25, 0.3) is 0 Å². The van der Waals surface area contributed by atoms with Crippen LogP contribution in [0.4, 0.5) is 20.3 Å². The Morgan fingerprint density at radius 1 is 1.24 bits per heavy atom. The third kappa shape index (κ3) is 3.45. The van der Waals surface area contributed by atoms with Gasteiger partial charge in [0.25, 0.3) is 5.91 Å². The lowest BCUT2D eigenvalue weighted by Crippen LogP contribution is -2.15. The fourth-order valence-corrected chi connectivity index (χ4v) is 1.85. The SMILES string of the molecule is Cc1cc(F)c(NC(=O)c2cc(Cl)nc(NN)c2)cc1F. The molecule has 0 atom stereocenters. The van der Waals surface area contributed by atoms with Crippen molar-refractivity contribution in [2.45, 2.75) is 6.92 Å². The lowest BCUT2D eigenvalue weighted by molar-refractivity contribution is 0.102. The minimum atomic E-state index is -0.737. The molecule has 110 valence electrons. The Bertz CT molecular complexity index is 709. The van der Waals surface area contributed by atoms with Crippen molar-refractivity contribution < 1.29 is 13.6 Å². The highest BCUT2D eigenvalue weighted by molar-refractivity contribution is 6.30. The van der Waals surface area contributed by atoms with Crippen LogP contribution < -0.4 is 16.6 Å². The Kier molecular flexibility index (Phi) is 4.35. The van der Waals surface area contributed by atoms with Gasteiger partial charge >= 0.3 is 0 Å². The monoisotopic (exact) mass is 312 g/mol. The normalized spacial score (nSPS) is 10.3. The van der Waals surface area contributed by atoms with E-state index in [4.69, 9.17) is 17.4 Å². The molecule has 0 saturated heterocycles. The number of hydrogen-bond acceptors (Lipinski definition) is 4. The number of benzene rings is 1. The number of pyridine rings is 1. The standard InChI is InChI=1S/C13H11ClF2N4O/c1-6-2-9(16)10(5-8(6)15)18-13(21)7-3-11(14)19-12(4-7)20-17/h2-5H,17H2,1H3,(H,18,21)(H,19,20). The molecule has 1 heterocycles. The van der Waals surface area contributed by atoms with Crippen molar-refractivity contribution in [2.24, 2.45) is 5.84 Å². The van der Waals surface area contributed by atoms with Crippen LogP contribution in [0.3, 0.4) is 0 Å². The summed E-state index contributed by atoms with van der Waals surface area (Å²) in [5.74, 6) is 3.33. The van der Waals surface area contributed by atoms with Crippen molar-refractivity contribution in [3.8, 4) is 0 Å². The molecule has 8 heteroatoms. The lowest BCUT2D eigenvalue weighted by atomic mass is 10.2. The van der Waals surface area contributed by atoms with Gasteiger partial charge in [0.1, 0.15) is 22.6 Å². The number of carbonyl (C=O) groups excluding carboxylic acids is 1. The number of aromatic nitrogens is 1. The van der Waals surface area contributed by atoms with Gasteiger partial charge in [-0.2, -0.15) is 0 Å². The molecule has 0 radical (unpaired) electrons. The minimum absolute atomic E-state index is 0.0335. The molecule has 1 amide bonds. The number of nitrogens with zero attached hydrogens (tertiary/aromatic N) is 1. The van der Waals surface area contributed by atoms with E-state index in [2.05, 4.69) is 15.7 Å². The molecular weight excluding hydrogens is 302 g/mol. The predicted octanol–water partition coefficient (Wildman–Crippen LogP) is 2.86. The van der Waals surface area contributed by atoms with Crippen LogP contribution in [0, 0.1) is 18.6 Å². The van der Waals surface area contributed by atoms with Gasteiger partial charge in [0, 0.05) is 11.6 Å². The summed E-state index contributed by atoms with van der Waals surface area (Å²) < 4.78 is 27.1. The van der Waals surface area contributed by atoms with Crippen LogP contribution in [0.1, 0.15) is 15.9 Å². The highest BCUT2D eigenvalue weighted by Gasteiger charge is 2.13. The fourth-order valence-electron chi connectivity index (χ4n) is 1.64. The van der Waals surface area contributed by atoms with Gasteiger partial charge in [-0.05, 0) is 30.7 Å². The van der Waals surface area contributed by atoms with E-state index in [1.54, 1.807) is 0 Å². The number of hydrazine groups is 1. The number of anilines is 2. The molecule has 0 aliphatic rings. The van der Waals surface area contributed by atoms with E-state index in [1.807, 2.05) is 0 Å². The molecule has 0 unspecified atom stereocenters. The van der Waals surface area contributed by atoms with Gasteiger partial charge in [0.15, 0.2) is 0 Å². The van der Waals surface area contributed by atoms with Crippen LogP contribution in [0.15, 0.2) is 24.3 Å². The van der Waals surface area contributed by atoms with Crippen molar-refractivity contribution in [2.75, 3.05) is 10.7 Å². The van der Waals surface area contributed by atoms with Gasteiger partial charge in [0.05, 0.1) is 5.69 Å². The molecule has 0 aliphatic carbocycles. The van der Waals surface area contributed by atoms with Crippen molar-refractivity contribution in [1.29, 1.82) is 0 Å². The Balaban J connectivity index is 2.30. The molecule has 1 aromatic heterocycles. The number of halogens is 3. The number of nitrogen functional groups attached to an aromatic ring is 1. The number of nitrogens with one attached hydrogen (secondary N) is 2. The number of rotatable bonds is 3. The van der Waals surface area contributed by atoms with Crippen LogP contribution in [0.5, 0.6) is 0 Å². The van der Waals surface area contributed by atoms with E-state index < -0.39 is 17.5 Å². The van der Waals surface area contributed by atoms with Gasteiger partial charge in [0.2, 0.25) is 0 Å². The summed E-state index contributed by atoms with van der Waals surface area (Å²) >= 11 is 5.73. The van der Waals surface area contributed by atoms with Crippen molar-refractivity contribution in [3.05, 3.63) is 52.2 Å². The van der Waals surface area contributed by atoms with E-state index in [1.165, 1.54) is 19.1 Å². The average Bonchev–Trinajstić information content (AvgIpc) is 2.43. The first kappa shape index (κ1) is 15.1. The first-order chi connectivity index (χ1) is 9.90. The molecular formula is C13H11ClF2N4O. The molecule has 1 aromatic carbocycles. The van der Waals surface area contributed by atoms with Gasteiger partial charge in [-0.3, -0.25) is 4.79 Å². The third-order valence-electron chi connectivity index (χ3n) is 2.70. The fraction of sp³-hybridized carbons (Fsp3) is 0.0769. The molecule has 21 heavy (non-hydrogen) atoms. The van der Waals surface area contributed by atoms with E-state index >= 15 is 0 Å². The summed E-state index contributed by atoms with van der Waals surface area (Å²) in [4.78, 5) is 15.8. The molecule has 4 N–H and O–H groups in total. The van der Waals surface area contributed by atoms with E-state index in [-0.39, 0.29) is 27.8 Å². The molecule has 5 nitrogen and oxygen atoms in total. The molecule has 0 aliphatic heterocycles. The largest absolute Gasteiger partial charge is 0.319 e.